The van der Waals surface area contributed by atoms with Crippen LogP contribution in [0.5, 0.6) is 5.75 Å². The number of carbonyl (C=O) groups is 2. The van der Waals surface area contributed by atoms with Crippen molar-refractivity contribution < 1.29 is 23.8 Å². The molecule has 1 saturated heterocycles. The first-order valence-corrected chi connectivity index (χ1v) is 12.1. The summed E-state index contributed by atoms with van der Waals surface area (Å²) in [5.41, 5.74) is 2.82. The van der Waals surface area contributed by atoms with Gasteiger partial charge in [0.1, 0.15) is 17.3 Å². The highest BCUT2D eigenvalue weighted by Crippen LogP contribution is 2.40. The van der Waals surface area contributed by atoms with E-state index in [-0.39, 0.29) is 23.4 Å². The van der Waals surface area contributed by atoms with Gasteiger partial charge in [0.15, 0.2) is 0 Å². The van der Waals surface area contributed by atoms with Crippen LogP contribution in [0.25, 0.3) is 16.7 Å². The van der Waals surface area contributed by atoms with Crippen LogP contribution in [-0.2, 0) is 16.0 Å². The van der Waals surface area contributed by atoms with Crippen LogP contribution >= 0.6 is 15.9 Å². The number of aliphatic hydroxyl groups is 1. The van der Waals surface area contributed by atoms with Crippen molar-refractivity contribution >= 4 is 44.3 Å². The molecule has 182 valence electrons. The summed E-state index contributed by atoms with van der Waals surface area (Å²) in [6, 6.07) is 17.4. The molecule has 1 aliphatic heterocycles. The van der Waals surface area contributed by atoms with E-state index in [1.807, 2.05) is 48.7 Å². The van der Waals surface area contributed by atoms with E-state index in [2.05, 4.69) is 20.9 Å². The maximum Gasteiger partial charge on any atom is 0.295 e. The van der Waals surface area contributed by atoms with Gasteiger partial charge < -0.3 is 19.7 Å². The van der Waals surface area contributed by atoms with E-state index in [0.717, 1.165) is 26.7 Å². The number of halogens is 2. The Kier molecular flexibility index (Phi) is 6.36. The van der Waals surface area contributed by atoms with Crippen molar-refractivity contribution in [3.63, 3.8) is 0 Å². The maximum absolute atomic E-state index is 13.5. The summed E-state index contributed by atoms with van der Waals surface area (Å²) in [5.74, 6) is -1.55. The topological polar surface area (TPSA) is 82.6 Å². The van der Waals surface area contributed by atoms with Crippen molar-refractivity contribution in [3.8, 4) is 5.75 Å². The average molecular weight is 549 g/mol. The summed E-state index contributed by atoms with van der Waals surface area (Å²) in [6.45, 7) is 0.242. The molecule has 8 heteroatoms. The Labute approximate surface area is 215 Å². The number of carbonyl (C=O) groups excluding carboxylic acids is 2. The third-order valence-corrected chi connectivity index (χ3v) is 6.91. The van der Waals surface area contributed by atoms with Gasteiger partial charge in [-0.05, 0) is 72.1 Å². The number of nitrogens with one attached hydrogen (secondary N) is 1. The standard InChI is InChI=1S/C28H22BrFN2O4/c1-36-21-9-10-23-22(14-21)18(15-31-23)11-12-32-25(17-3-2-4-19(29)13-17)24(27(34)28(32)35)26(33)16-5-7-20(30)8-6-16/h2-10,13-15,25,31,33H,11-12H2,1H3/b26-24-. The molecular weight excluding hydrogens is 527 g/mol. The summed E-state index contributed by atoms with van der Waals surface area (Å²) >= 11 is 3.46. The van der Waals surface area contributed by atoms with Crippen molar-refractivity contribution in [1.29, 1.82) is 0 Å². The van der Waals surface area contributed by atoms with Crippen molar-refractivity contribution in [3.05, 3.63) is 105 Å². The van der Waals surface area contributed by atoms with Crippen molar-refractivity contribution in [1.82, 2.24) is 9.88 Å². The van der Waals surface area contributed by atoms with Crippen molar-refractivity contribution in [2.45, 2.75) is 12.5 Å². The number of likely N-dealkylation sites (tertiary alicyclic amines) is 1. The van der Waals surface area contributed by atoms with Gasteiger partial charge >= 0.3 is 0 Å². The van der Waals surface area contributed by atoms with E-state index < -0.39 is 23.5 Å². The third-order valence-electron chi connectivity index (χ3n) is 6.42. The molecule has 36 heavy (non-hydrogen) atoms. The first-order chi connectivity index (χ1) is 17.4. The zero-order chi connectivity index (χ0) is 25.4. The molecule has 1 aliphatic rings. The van der Waals surface area contributed by atoms with Crippen LogP contribution in [-0.4, -0.2) is 40.3 Å². The van der Waals surface area contributed by atoms with Gasteiger partial charge in [0.2, 0.25) is 0 Å². The number of hydrogen-bond donors (Lipinski definition) is 2. The van der Waals surface area contributed by atoms with Gasteiger partial charge in [-0.25, -0.2) is 4.39 Å². The van der Waals surface area contributed by atoms with Crippen LogP contribution in [0.2, 0.25) is 0 Å². The lowest BCUT2D eigenvalue weighted by molar-refractivity contribution is -0.139. The first-order valence-electron chi connectivity index (χ1n) is 11.3. The van der Waals surface area contributed by atoms with Crippen molar-refractivity contribution in [2.75, 3.05) is 13.7 Å². The number of ether oxygens (including phenoxy) is 1. The maximum atomic E-state index is 13.5. The van der Waals surface area contributed by atoms with Gasteiger partial charge in [0.05, 0.1) is 18.7 Å². The summed E-state index contributed by atoms with van der Waals surface area (Å²) < 4.78 is 19.6. The van der Waals surface area contributed by atoms with Crippen LogP contribution in [0, 0.1) is 5.82 Å². The lowest BCUT2D eigenvalue weighted by Crippen LogP contribution is -2.31. The molecule has 1 aromatic heterocycles. The fourth-order valence-corrected chi connectivity index (χ4v) is 5.05. The van der Waals surface area contributed by atoms with Crippen LogP contribution in [0.15, 0.2) is 83.0 Å². The second-order valence-electron chi connectivity index (χ2n) is 8.53. The zero-order valence-corrected chi connectivity index (χ0v) is 20.9. The van der Waals surface area contributed by atoms with E-state index in [1.165, 1.54) is 29.2 Å². The van der Waals surface area contributed by atoms with Crippen molar-refractivity contribution in [2.24, 2.45) is 0 Å². The second-order valence-corrected chi connectivity index (χ2v) is 9.45. The van der Waals surface area contributed by atoms with Gasteiger partial charge in [0.25, 0.3) is 11.7 Å². The van der Waals surface area contributed by atoms with Crippen LogP contribution < -0.4 is 4.74 Å². The van der Waals surface area contributed by atoms with E-state index in [4.69, 9.17) is 4.74 Å². The third kappa shape index (κ3) is 4.28. The minimum atomic E-state index is -0.799. The number of nitrogens with zero attached hydrogens (tertiary/aromatic N) is 1. The van der Waals surface area contributed by atoms with Gasteiger partial charge in [-0.1, -0.05) is 28.1 Å². The number of methoxy groups -OCH3 is 1. The van der Waals surface area contributed by atoms with Crippen LogP contribution in [0.4, 0.5) is 4.39 Å². The Morgan fingerprint density at radius 1 is 1.11 bits per heavy atom. The minimum Gasteiger partial charge on any atom is -0.507 e. The number of aliphatic hydroxyl groups excluding tert-OH is 1. The van der Waals surface area contributed by atoms with E-state index >= 15 is 0 Å². The Balaban J connectivity index is 1.56. The van der Waals surface area contributed by atoms with E-state index in [0.29, 0.717) is 12.0 Å². The number of aromatic nitrogens is 1. The fourth-order valence-electron chi connectivity index (χ4n) is 4.63. The zero-order valence-electron chi connectivity index (χ0n) is 19.3. The van der Waals surface area contributed by atoms with Crippen LogP contribution in [0.1, 0.15) is 22.7 Å². The normalized spacial score (nSPS) is 17.2. The van der Waals surface area contributed by atoms with Gasteiger partial charge in [-0.2, -0.15) is 0 Å². The number of H-pyrrole nitrogens is 1. The monoisotopic (exact) mass is 548 g/mol. The SMILES string of the molecule is COc1ccc2[nH]cc(CCN3C(=O)C(=O)/C(=C(\O)c4ccc(F)cc4)C3c3cccc(Br)c3)c2c1. The summed E-state index contributed by atoms with van der Waals surface area (Å²) in [4.78, 5) is 31.1. The molecule has 1 amide bonds. The highest BCUT2D eigenvalue weighted by atomic mass is 79.9. The van der Waals surface area contributed by atoms with E-state index in [1.54, 1.807) is 7.11 Å². The van der Waals surface area contributed by atoms with E-state index in [9.17, 15) is 19.1 Å². The second kappa shape index (κ2) is 9.62. The number of aromatic amines is 1. The molecule has 6 nitrogen and oxygen atoms in total. The quantitative estimate of drug-likeness (QED) is 0.183. The molecule has 2 N–H and O–H groups in total. The minimum absolute atomic E-state index is 0.0229. The lowest BCUT2D eigenvalue weighted by atomic mass is 9.95. The molecule has 5 rings (SSSR count). The fraction of sp³-hybridized carbons (Fsp3) is 0.143. The van der Waals surface area contributed by atoms with Crippen LogP contribution in [0.3, 0.4) is 0 Å². The first kappa shape index (κ1) is 23.8. The molecule has 0 saturated carbocycles. The highest BCUT2D eigenvalue weighted by Gasteiger charge is 2.45. The Bertz CT molecular complexity index is 1510. The molecule has 0 radical (unpaired) electrons. The molecule has 1 atom stereocenters. The Morgan fingerprint density at radius 3 is 2.61 bits per heavy atom. The number of benzene rings is 3. The largest absolute Gasteiger partial charge is 0.507 e. The molecule has 1 fully saturated rings. The lowest BCUT2D eigenvalue weighted by Gasteiger charge is -2.25. The molecule has 0 aliphatic carbocycles. The number of hydrogen-bond acceptors (Lipinski definition) is 4. The number of fused-ring (bicyclic) bond motifs is 1. The number of ketones is 1. The smallest absolute Gasteiger partial charge is 0.295 e. The van der Waals surface area contributed by atoms with Gasteiger partial charge in [0, 0.05) is 33.7 Å². The molecular formula is C28H22BrFN2O4. The summed E-state index contributed by atoms with van der Waals surface area (Å²) in [6.07, 6.45) is 2.36. The highest BCUT2D eigenvalue weighted by molar-refractivity contribution is 9.10. The number of amides is 1. The predicted molar refractivity (Wildman–Crippen MR) is 138 cm³/mol. The predicted octanol–water partition coefficient (Wildman–Crippen LogP) is 5.74. The Hall–Kier alpha value is -3.91. The number of Topliss-reactive ketones (excluding diaryl/α,β-unsaturated/α-hetero) is 1. The summed E-state index contributed by atoms with van der Waals surface area (Å²) in [7, 11) is 1.60. The molecule has 3 aromatic carbocycles. The molecule has 2 heterocycles. The molecule has 0 bridgehead atoms. The van der Waals surface area contributed by atoms with Gasteiger partial charge in [-0.3, -0.25) is 9.59 Å². The average Bonchev–Trinajstić information content (AvgIpc) is 3.40. The van der Waals surface area contributed by atoms with Gasteiger partial charge in [-0.15, -0.1) is 0 Å². The Morgan fingerprint density at radius 2 is 1.89 bits per heavy atom. The number of rotatable bonds is 6. The molecule has 1 unspecified atom stereocenters. The summed E-state index contributed by atoms with van der Waals surface area (Å²) in [5, 5.41) is 12.1. The molecule has 0 spiro atoms. The molecule has 4 aromatic rings.